The molecule has 39 heavy (non-hydrogen) atoms. The number of carbonyl (C=O) groups excluding carboxylic acids is 2. The third-order valence-electron chi connectivity index (χ3n) is 6.24. The number of nitrogens with zero attached hydrogens (tertiary/aromatic N) is 2. The molecule has 8 heteroatoms. The van der Waals surface area contributed by atoms with Crippen LogP contribution in [-0.4, -0.2) is 35.9 Å². The van der Waals surface area contributed by atoms with Gasteiger partial charge in [-0.3, -0.25) is 14.6 Å². The number of carbonyl (C=O) groups is 2. The van der Waals surface area contributed by atoms with Crippen molar-refractivity contribution in [3.8, 4) is 11.5 Å². The molecule has 0 aliphatic heterocycles. The number of pyridine rings is 1. The van der Waals surface area contributed by atoms with Crippen molar-refractivity contribution in [2.45, 2.75) is 25.6 Å². The zero-order valence-electron chi connectivity index (χ0n) is 21.8. The highest BCUT2D eigenvalue weighted by Crippen LogP contribution is 2.29. The summed E-state index contributed by atoms with van der Waals surface area (Å²) in [4.78, 5) is 33.6. The summed E-state index contributed by atoms with van der Waals surface area (Å²) in [5, 5.41) is 3.56. The van der Waals surface area contributed by atoms with Gasteiger partial charge in [-0.2, -0.15) is 0 Å². The monoisotopic (exact) mass is 543 g/mol. The average Bonchev–Trinajstić information content (AvgIpc) is 2.97. The largest absolute Gasteiger partial charge is 0.493 e. The summed E-state index contributed by atoms with van der Waals surface area (Å²) in [5.41, 5.74) is 3.00. The molecule has 0 radical (unpaired) electrons. The Balaban J connectivity index is 1.68. The Morgan fingerprint density at radius 1 is 0.872 bits per heavy atom. The van der Waals surface area contributed by atoms with Crippen molar-refractivity contribution in [2.24, 2.45) is 0 Å². The molecule has 1 aromatic heterocycles. The second kappa shape index (κ2) is 13.4. The molecule has 0 aliphatic carbocycles. The van der Waals surface area contributed by atoms with Crippen LogP contribution in [-0.2, 0) is 29.1 Å². The van der Waals surface area contributed by atoms with Crippen molar-refractivity contribution in [3.63, 3.8) is 0 Å². The Kier molecular flexibility index (Phi) is 9.53. The standard InChI is InChI=1S/C31H30ClN3O4/c1-38-27-16-13-23(18-28(27)39-2)19-29(36)35(21-22-11-14-25(32)15-12-22)30(24-8-4-3-5-9-24)31(37)34-20-26-10-6-7-17-33-26/h3-18,30H,19-21H2,1-2H3,(H,34,37)/t30-/m1/s1. The number of rotatable bonds is 11. The van der Waals surface area contributed by atoms with Crippen molar-refractivity contribution < 1.29 is 19.1 Å². The highest BCUT2D eigenvalue weighted by atomic mass is 35.5. The van der Waals surface area contributed by atoms with Crippen molar-refractivity contribution in [1.82, 2.24) is 15.2 Å². The van der Waals surface area contributed by atoms with E-state index in [0.717, 1.165) is 16.8 Å². The van der Waals surface area contributed by atoms with E-state index in [4.69, 9.17) is 21.1 Å². The molecular formula is C31H30ClN3O4. The Morgan fingerprint density at radius 2 is 1.56 bits per heavy atom. The third kappa shape index (κ3) is 7.36. The van der Waals surface area contributed by atoms with Gasteiger partial charge in [0.2, 0.25) is 11.8 Å². The van der Waals surface area contributed by atoms with Crippen LogP contribution in [0, 0.1) is 0 Å². The van der Waals surface area contributed by atoms with Gasteiger partial charge in [0.25, 0.3) is 0 Å². The van der Waals surface area contributed by atoms with Crippen molar-refractivity contribution in [1.29, 1.82) is 0 Å². The first kappa shape index (κ1) is 27.7. The van der Waals surface area contributed by atoms with Crippen molar-refractivity contribution in [2.75, 3.05) is 14.2 Å². The van der Waals surface area contributed by atoms with Gasteiger partial charge in [-0.05, 0) is 53.1 Å². The number of nitrogens with one attached hydrogen (secondary N) is 1. The maximum atomic E-state index is 14.0. The lowest BCUT2D eigenvalue weighted by Crippen LogP contribution is -2.44. The first-order valence-electron chi connectivity index (χ1n) is 12.5. The molecule has 1 atom stereocenters. The summed E-state index contributed by atoms with van der Waals surface area (Å²) in [6.45, 7) is 0.446. The lowest BCUT2D eigenvalue weighted by atomic mass is 10.0. The van der Waals surface area contributed by atoms with Gasteiger partial charge < -0.3 is 19.7 Å². The summed E-state index contributed by atoms with van der Waals surface area (Å²) in [5.74, 6) is 0.572. The molecule has 0 unspecified atom stereocenters. The topological polar surface area (TPSA) is 80.8 Å². The summed E-state index contributed by atoms with van der Waals surface area (Å²) in [7, 11) is 3.11. The maximum absolute atomic E-state index is 14.0. The Morgan fingerprint density at radius 3 is 2.23 bits per heavy atom. The van der Waals surface area contributed by atoms with E-state index in [2.05, 4.69) is 10.3 Å². The lowest BCUT2D eigenvalue weighted by Gasteiger charge is -2.32. The van der Waals surface area contributed by atoms with E-state index in [1.54, 1.807) is 49.6 Å². The lowest BCUT2D eigenvalue weighted by molar-refractivity contribution is -0.141. The van der Waals surface area contributed by atoms with Gasteiger partial charge in [-0.15, -0.1) is 0 Å². The summed E-state index contributed by atoms with van der Waals surface area (Å²) in [6, 6.07) is 26.5. The molecule has 0 aliphatic rings. The molecule has 2 amide bonds. The SMILES string of the molecule is COc1ccc(CC(=O)N(Cc2ccc(Cl)cc2)[C@@H](C(=O)NCc2ccccn2)c2ccccc2)cc1OC. The fraction of sp³-hybridized carbons (Fsp3) is 0.194. The highest BCUT2D eigenvalue weighted by molar-refractivity contribution is 6.30. The van der Waals surface area contributed by atoms with E-state index in [-0.39, 0.29) is 31.3 Å². The molecule has 200 valence electrons. The number of ether oxygens (including phenoxy) is 2. The Hall–Kier alpha value is -4.36. The number of hydrogen-bond acceptors (Lipinski definition) is 5. The predicted octanol–water partition coefficient (Wildman–Crippen LogP) is 5.38. The molecule has 0 fully saturated rings. The first-order valence-corrected chi connectivity index (χ1v) is 12.8. The number of benzene rings is 3. The summed E-state index contributed by atoms with van der Waals surface area (Å²) >= 11 is 6.11. The molecule has 0 saturated carbocycles. The van der Waals surface area contributed by atoms with Crippen LogP contribution in [0.15, 0.2) is 97.2 Å². The van der Waals surface area contributed by atoms with Gasteiger partial charge in [0.1, 0.15) is 6.04 Å². The average molecular weight is 544 g/mol. The molecule has 0 spiro atoms. The molecule has 0 bridgehead atoms. The Bertz CT molecular complexity index is 1380. The fourth-order valence-electron chi connectivity index (χ4n) is 4.26. The van der Waals surface area contributed by atoms with Crippen LogP contribution in [0.25, 0.3) is 0 Å². The number of aromatic nitrogens is 1. The quantitative estimate of drug-likeness (QED) is 0.275. The van der Waals surface area contributed by atoms with Crippen molar-refractivity contribution >= 4 is 23.4 Å². The minimum Gasteiger partial charge on any atom is -0.493 e. The molecule has 1 heterocycles. The minimum atomic E-state index is -0.877. The third-order valence-corrected chi connectivity index (χ3v) is 6.49. The number of methoxy groups -OCH3 is 2. The molecule has 0 saturated heterocycles. The van der Waals surface area contributed by atoms with E-state index in [1.807, 2.05) is 66.7 Å². The number of amides is 2. The smallest absolute Gasteiger partial charge is 0.247 e. The molecule has 4 rings (SSSR count). The van der Waals surface area contributed by atoms with Crippen LogP contribution in [0.4, 0.5) is 0 Å². The van der Waals surface area contributed by atoms with Crippen molar-refractivity contribution in [3.05, 3.63) is 125 Å². The van der Waals surface area contributed by atoms with Crippen LogP contribution in [0.1, 0.15) is 28.4 Å². The number of halogens is 1. The maximum Gasteiger partial charge on any atom is 0.247 e. The highest BCUT2D eigenvalue weighted by Gasteiger charge is 2.31. The second-order valence-electron chi connectivity index (χ2n) is 8.87. The van der Waals surface area contributed by atoms with E-state index in [0.29, 0.717) is 22.1 Å². The molecule has 4 aromatic rings. The second-order valence-corrected chi connectivity index (χ2v) is 9.30. The summed E-state index contributed by atoms with van der Waals surface area (Å²) < 4.78 is 10.8. The zero-order chi connectivity index (χ0) is 27.6. The normalized spacial score (nSPS) is 11.4. The number of hydrogen-bond donors (Lipinski definition) is 1. The van der Waals surface area contributed by atoms with E-state index in [9.17, 15) is 9.59 Å². The van der Waals surface area contributed by atoms with Gasteiger partial charge in [0.05, 0.1) is 32.9 Å². The molecule has 7 nitrogen and oxygen atoms in total. The molecule has 1 N–H and O–H groups in total. The van der Waals surface area contributed by atoms with Crippen LogP contribution >= 0.6 is 11.6 Å². The zero-order valence-corrected chi connectivity index (χ0v) is 22.6. The van der Waals surface area contributed by atoms with Crippen LogP contribution in [0.3, 0.4) is 0 Å². The van der Waals surface area contributed by atoms with E-state index >= 15 is 0 Å². The molecular weight excluding hydrogens is 514 g/mol. The Labute approximate surface area is 233 Å². The molecule has 3 aromatic carbocycles. The van der Waals surface area contributed by atoms with E-state index in [1.165, 1.54) is 0 Å². The van der Waals surface area contributed by atoms with Crippen LogP contribution in [0.5, 0.6) is 11.5 Å². The van der Waals surface area contributed by atoms with Gasteiger partial charge in [-0.1, -0.05) is 66.2 Å². The van der Waals surface area contributed by atoms with Gasteiger partial charge in [0.15, 0.2) is 11.5 Å². The summed E-state index contributed by atoms with van der Waals surface area (Å²) in [6.07, 6.45) is 1.74. The van der Waals surface area contributed by atoms with E-state index < -0.39 is 6.04 Å². The van der Waals surface area contributed by atoms with Crippen LogP contribution < -0.4 is 14.8 Å². The fourth-order valence-corrected chi connectivity index (χ4v) is 4.39. The van der Waals surface area contributed by atoms with Gasteiger partial charge >= 0.3 is 0 Å². The van der Waals surface area contributed by atoms with Gasteiger partial charge in [-0.25, -0.2) is 0 Å². The van der Waals surface area contributed by atoms with Crippen LogP contribution in [0.2, 0.25) is 5.02 Å². The van der Waals surface area contributed by atoms with Gasteiger partial charge in [0, 0.05) is 17.8 Å². The predicted molar refractivity (Wildman–Crippen MR) is 151 cm³/mol. The first-order chi connectivity index (χ1) is 19.0. The minimum absolute atomic E-state index is 0.0603.